The van der Waals surface area contributed by atoms with Crippen molar-refractivity contribution in [1.82, 2.24) is 0 Å². The molecule has 3 N–H and O–H groups in total. The molecule has 0 radical (unpaired) electrons. The van der Waals surface area contributed by atoms with Gasteiger partial charge in [0.2, 0.25) is 0 Å². The van der Waals surface area contributed by atoms with Gasteiger partial charge in [0.15, 0.2) is 0 Å². The molecule has 0 saturated heterocycles. The van der Waals surface area contributed by atoms with Crippen LogP contribution in [0.15, 0.2) is 23.2 Å². The summed E-state index contributed by atoms with van der Waals surface area (Å²) >= 11 is 0. The van der Waals surface area contributed by atoms with Crippen LogP contribution in [-0.2, 0) is 26.3 Å². The number of carbonyl (C=O) groups excluding carboxylic acids is 1. The maximum Gasteiger partial charge on any atom is 0.290 e. The molecule has 0 spiro atoms. The summed E-state index contributed by atoms with van der Waals surface area (Å²) in [5.41, 5.74) is 6.06. The highest BCUT2D eigenvalue weighted by Gasteiger charge is 2.32. The molecule has 6 nitrogen and oxygen atoms in total. The third-order valence-corrected chi connectivity index (χ3v) is 3.66. The van der Waals surface area contributed by atoms with Gasteiger partial charge in [0.1, 0.15) is 29.6 Å². The number of nitrogens with zero attached hydrogens (tertiary/aromatic N) is 1. The number of rotatable bonds is 4. The van der Waals surface area contributed by atoms with Crippen molar-refractivity contribution in [1.29, 1.82) is 0 Å². The van der Waals surface area contributed by atoms with E-state index in [9.17, 15) is 9.18 Å². The minimum Gasteiger partial charge on any atom is -0.483 e. The van der Waals surface area contributed by atoms with Gasteiger partial charge in [0.25, 0.3) is 6.47 Å². The molecule has 1 aliphatic heterocycles. The van der Waals surface area contributed by atoms with E-state index in [0.717, 1.165) is 5.56 Å². The predicted octanol–water partition coefficient (Wildman–Crippen LogP) is 1.90. The number of carboxylic acid groups (broad SMARTS) is 1. The number of Topliss-reactive ketones (excluding diaryl/α,β-unsaturated/α-hetero) is 1. The molecular formula is C17H23FN2O4. The third kappa shape index (κ3) is 5.13. The summed E-state index contributed by atoms with van der Waals surface area (Å²) < 4.78 is 19.5. The lowest BCUT2D eigenvalue weighted by molar-refractivity contribution is -0.123. The zero-order chi connectivity index (χ0) is 18.3. The lowest BCUT2D eigenvalue weighted by Gasteiger charge is -2.30. The second-order valence-electron chi connectivity index (χ2n) is 6.09. The van der Waals surface area contributed by atoms with E-state index >= 15 is 0 Å². The number of carbonyl (C=O) groups is 2. The van der Waals surface area contributed by atoms with Crippen LogP contribution in [0.1, 0.15) is 31.9 Å². The van der Waals surface area contributed by atoms with Gasteiger partial charge in [-0.25, -0.2) is 4.39 Å². The van der Waals surface area contributed by atoms with Crippen LogP contribution < -0.4 is 5.73 Å². The van der Waals surface area contributed by atoms with E-state index in [2.05, 4.69) is 4.99 Å². The number of ketones is 1. The minimum absolute atomic E-state index is 0.0410. The van der Waals surface area contributed by atoms with Crippen LogP contribution in [0.2, 0.25) is 0 Å². The minimum atomic E-state index is -0.844. The van der Waals surface area contributed by atoms with Crippen molar-refractivity contribution in [3.63, 3.8) is 0 Å². The Morgan fingerprint density at radius 1 is 1.54 bits per heavy atom. The van der Waals surface area contributed by atoms with E-state index in [4.69, 9.17) is 20.4 Å². The monoisotopic (exact) mass is 338 g/mol. The van der Waals surface area contributed by atoms with Crippen LogP contribution in [0.5, 0.6) is 0 Å². The number of aliphatic imine (C=N–C) groups is 1. The normalized spacial score (nSPS) is 20.0. The molecule has 0 fully saturated rings. The summed E-state index contributed by atoms with van der Waals surface area (Å²) in [5, 5.41) is 6.89. The lowest BCUT2D eigenvalue weighted by Crippen LogP contribution is -2.38. The number of hydrogen-bond donors (Lipinski definition) is 2. The van der Waals surface area contributed by atoms with Crippen molar-refractivity contribution in [2.24, 2.45) is 16.6 Å². The Balaban J connectivity index is 0.000000891. The average Bonchev–Trinajstić information content (AvgIpc) is 2.49. The van der Waals surface area contributed by atoms with Crippen LogP contribution in [0, 0.1) is 11.7 Å². The largest absolute Gasteiger partial charge is 0.483 e. The highest BCUT2D eigenvalue weighted by Crippen LogP contribution is 2.31. The lowest BCUT2D eigenvalue weighted by atomic mass is 9.89. The molecule has 1 heterocycles. The van der Waals surface area contributed by atoms with Gasteiger partial charge < -0.3 is 15.6 Å². The molecule has 1 aromatic rings. The topological polar surface area (TPSA) is 102 Å². The third-order valence-electron chi connectivity index (χ3n) is 3.66. The molecule has 24 heavy (non-hydrogen) atoms. The Kier molecular flexibility index (Phi) is 7.03. The van der Waals surface area contributed by atoms with Crippen molar-refractivity contribution in [3.8, 4) is 0 Å². The van der Waals surface area contributed by atoms with Crippen LogP contribution >= 0.6 is 0 Å². The van der Waals surface area contributed by atoms with Crippen LogP contribution in [0.25, 0.3) is 0 Å². The number of hydrogen-bond acceptors (Lipinski definition) is 5. The van der Waals surface area contributed by atoms with Gasteiger partial charge in [-0.3, -0.25) is 14.6 Å². The summed E-state index contributed by atoms with van der Waals surface area (Å²) in [7, 11) is 0. The number of amidine groups is 1. The molecule has 0 bridgehead atoms. The Hall–Kier alpha value is -2.28. The van der Waals surface area contributed by atoms with Gasteiger partial charge in [-0.2, -0.15) is 0 Å². The van der Waals surface area contributed by atoms with Gasteiger partial charge in [-0.05, 0) is 24.6 Å². The summed E-state index contributed by atoms with van der Waals surface area (Å²) in [6.45, 7) is 5.78. The van der Waals surface area contributed by atoms with Crippen molar-refractivity contribution in [2.75, 3.05) is 13.2 Å². The van der Waals surface area contributed by atoms with Gasteiger partial charge >= 0.3 is 0 Å². The van der Waals surface area contributed by atoms with Crippen molar-refractivity contribution in [2.45, 2.75) is 32.7 Å². The Bertz CT molecular complexity index is 631. The van der Waals surface area contributed by atoms with Crippen LogP contribution in [0.4, 0.5) is 4.39 Å². The van der Waals surface area contributed by atoms with Crippen molar-refractivity contribution >= 4 is 18.1 Å². The second kappa shape index (κ2) is 8.54. The summed E-state index contributed by atoms with van der Waals surface area (Å²) in [6.07, 6.45) is 0.293. The molecule has 0 aliphatic carbocycles. The first-order valence-electron chi connectivity index (χ1n) is 7.55. The first kappa shape index (κ1) is 19.8. The first-order chi connectivity index (χ1) is 11.2. The van der Waals surface area contributed by atoms with E-state index in [1.807, 2.05) is 13.8 Å². The zero-order valence-corrected chi connectivity index (χ0v) is 14.1. The average molecular weight is 338 g/mol. The summed E-state index contributed by atoms with van der Waals surface area (Å²) in [5.74, 6) is 0.0773. The van der Waals surface area contributed by atoms with Crippen molar-refractivity contribution < 1.29 is 23.8 Å². The Morgan fingerprint density at radius 3 is 2.71 bits per heavy atom. The van der Waals surface area contributed by atoms with E-state index in [-0.39, 0.29) is 37.2 Å². The highest BCUT2D eigenvalue weighted by atomic mass is 19.1. The maximum absolute atomic E-state index is 14.2. The van der Waals surface area contributed by atoms with E-state index in [1.165, 1.54) is 6.07 Å². The molecule has 0 unspecified atom stereocenters. The molecule has 1 aliphatic rings. The van der Waals surface area contributed by atoms with E-state index in [1.54, 1.807) is 19.1 Å². The SMILES string of the molecule is CC(C)C(=O)Cc1ccc(F)c([C@]2(C)COCC(N)=N2)c1.O=CO. The van der Waals surface area contributed by atoms with Gasteiger partial charge in [0.05, 0.1) is 6.61 Å². The van der Waals surface area contributed by atoms with Gasteiger partial charge in [-0.15, -0.1) is 0 Å². The second-order valence-corrected chi connectivity index (χ2v) is 6.09. The fraction of sp³-hybridized carbons (Fsp3) is 0.471. The number of halogens is 1. The van der Waals surface area contributed by atoms with Crippen molar-refractivity contribution in [3.05, 3.63) is 35.1 Å². The van der Waals surface area contributed by atoms with Gasteiger partial charge in [0, 0.05) is 17.9 Å². The number of ether oxygens (including phenoxy) is 1. The fourth-order valence-corrected chi connectivity index (χ4v) is 2.37. The summed E-state index contributed by atoms with van der Waals surface area (Å²) in [6, 6.07) is 4.71. The maximum atomic E-state index is 14.2. The molecule has 2 rings (SSSR count). The van der Waals surface area contributed by atoms with Crippen LogP contribution in [0.3, 0.4) is 0 Å². The highest BCUT2D eigenvalue weighted by molar-refractivity contribution is 5.83. The van der Waals surface area contributed by atoms with Gasteiger partial charge in [-0.1, -0.05) is 19.9 Å². The quantitative estimate of drug-likeness (QED) is 0.816. The fourth-order valence-electron chi connectivity index (χ4n) is 2.37. The molecule has 1 atom stereocenters. The predicted molar refractivity (Wildman–Crippen MR) is 88.4 cm³/mol. The van der Waals surface area contributed by atoms with E-state index in [0.29, 0.717) is 17.8 Å². The molecule has 0 aromatic heterocycles. The Morgan fingerprint density at radius 2 is 2.17 bits per heavy atom. The smallest absolute Gasteiger partial charge is 0.290 e. The zero-order valence-electron chi connectivity index (χ0n) is 14.1. The summed E-state index contributed by atoms with van der Waals surface area (Å²) in [4.78, 5) is 24.6. The standard InChI is InChI=1S/C16H21FN2O2.CH2O2/c1-10(2)14(20)7-11-4-5-13(17)12(6-11)16(3)9-21-8-15(18)19-16;2-1-3/h4-6,10H,7-9H2,1-3H3,(H2,18,19);1H,(H,2,3)/t16-;/m0./s1. The number of nitrogens with two attached hydrogens (primary N) is 1. The molecule has 7 heteroatoms. The van der Waals surface area contributed by atoms with E-state index < -0.39 is 5.54 Å². The molecule has 132 valence electrons. The Labute approximate surface area is 140 Å². The molecule has 1 aromatic carbocycles. The first-order valence-corrected chi connectivity index (χ1v) is 7.55. The number of benzene rings is 1. The molecular weight excluding hydrogens is 315 g/mol. The molecule has 0 saturated carbocycles. The molecule has 0 amide bonds. The van der Waals surface area contributed by atoms with Crippen LogP contribution in [-0.4, -0.2) is 36.4 Å².